The molecular formula is C14H21NO7. The van der Waals surface area contributed by atoms with Gasteiger partial charge in [0, 0.05) is 26.7 Å². The lowest BCUT2D eigenvalue weighted by Gasteiger charge is -2.33. The van der Waals surface area contributed by atoms with E-state index in [2.05, 4.69) is 5.32 Å². The Morgan fingerprint density at radius 1 is 1.09 bits per heavy atom. The lowest BCUT2D eigenvalue weighted by Crippen LogP contribution is -2.59. The Kier molecular flexibility index (Phi) is 5.02. The summed E-state index contributed by atoms with van der Waals surface area (Å²) < 4.78 is 21.4. The smallest absolute Gasteiger partial charge is 0.302 e. The summed E-state index contributed by atoms with van der Waals surface area (Å²) in [7, 11) is 0. The highest BCUT2D eigenvalue weighted by Gasteiger charge is 2.60. The predicted molar refractivity (Wildman–Crippen MR) is 72.8 cm³/mol. The van der Waals surface area contributed by atoms with E-state index in [1.807, 2.05) is 0 Å². The van der Waals surface area contributed by atoms with Gasteiger partial charge in [-0.2, -0.15) is 0 Å². The maximum absolute atomic E-state index is 11.6. The SMILES string of the molecule is CC(=O)N[C@@]12CO[C@H](COC(C)=O)[C@@H]1OC[C@H]2COC(C)=O. The van der Waals surface area contributed by atoms with Crippen LogP contribution in [-0.4, -0.2) is 62.0 Å². The van der Waals surface area contributed by atoms with Crippen molar-refractivity contribution in [1.29, 1.82) is 0 Å². The van der Waals surface area contributed by atoms with Gasteiger partial charge in [0.2, 0.25) is 5.91 Å². The average Bonchev–Trinajstić information content (AvgIpc) is 2.90. The Labute approximate surface area is 128 Å². The van der Waals surface area contributed by atoms with E-state index in [0.29, 0.717) is 6.61 Å². The Morgan fingerprint density at radius 3 is 2.32 bits per heavy atom. The van der Waals surface area contributed by atoms with Crippen LogP contribution in [0.4, 0.5) is 0 Å². The van der Waals surface area contributed by atoms with E-state index >= 15 is 0 Å². The fourth-order valence-corrected chi connectivity index (χ4v) is 3.01. The van der Waals surface area contributed by atoms with Crippen molar-refractivity contribution in [3.8, 4) is 0 Å². The zero-order valence-electron chi connectivity index (χ0n) is 12.9. The summed E-state index contributed by atoms with van der Waals surface area (Å²) in [5, 5.41) is 2.89. The molecule has 0 unspecified atom stereocenters. The van der Waals surface area contributed by atoms with Gasteiger partial charge >= 0.3 is 11.9 Å². The molecule has 2 heterocycles. The molecule has 0 aromatic carbocycles. The van der Waals surface area contributed by atoms with Crippen LogP contribution in [0.3, 0.4) is 0 Å². The van der Waals surface area contributed by atoms with E-state index in [0.717, 1.165) is 0 Å². The molecule has 2 aliphatic heterocycles. The molecule has 2 rings (SSSR count). The Morgan fingerprint density at radius 2 is 1.73 bits per heavy atom. The summed E-state index contributed by atoms with van der Waals surface area (Å²) in [4.78, 5) is 33.5. The molecule has 2 aliphatic rings. The van der Waals surface area contributed by atoms with Crippen molar-refractivity contribution in [2.75, 3.05) is 26.4 Å². The summed E-state index contributed by atoms with van der Waals surface area (Å²) in [5.74, 6) is -1.24. The normalized spacial score (nSPS) is 33.1. The van der Waals surface area contributed by atoms with E-state index < -0.39 is 29.7 Å². The number of ether oxygens (including phenoxy) is 4. The first-order valence-electron chi connectivity index (χ1n) is 7.14. The van der Waals surface area contributed by atoms with Gasteiger partial charge in [0.25, 0.3) is 0 Å². The van der Waals surface area contributed by atoms with Crippen molar-refractivity contribution in [1.82, 2.24) is 5.32 Å². The molecule has 0 aromatic rings. The Hall–Kier alpha value is -1.67. The topological polar surface area (TPSA) is 100 Å². The van der Waals surface area contributed by atoms with Gasteiger partial charge in [-0.3, -0.25) is 14.4 Å². The summed E-state index contributed by atoms with van der Waals surface area (Å²) in [6, 6.07) is 0. The van der Waals surface area contributed by atoms with E-state index in [9.17, 15) is 14.4 Å². The number of hydrogen-bond acceptors (Lipinski definition) is 7. The number of hydrogen-bond donors (Lipinski definition) is 1. The van der Waals surface area contributed by atoms with Crippen LogP contribution in [0, 0.1) is 5.92 Å². The number of fused-ring (bicyclic) bond motifs is 1. The van der Waals surface area contributed by atoms with Crippen molar-refractivity contribution in [3.63, 3.8) is 0 Å². The number of amides is 1. The summed E-state index contributed by atoms with van der Waals surface area (Å²) in [5.41, 5.74) is -0.772. The monoisotopic (exact) mass is 315 g/mol. The molecule has 8 nitrogen and oxygen atoms in total. The third-order valence-electron chi connectivity index (χ3n) is 3.93. The number of nitrogens with one attached hydrogen (secondary N) is 1. The van der Waals surface area contributed by atoms with Crippen molar-refractivity contribution in [2.24, 2.45) is 5.92 Å². The van der Waals surface area contributed by atoms with E-state index in [-0.39, 0.29) is 31.6 Å². The lowest BCUT2D eigenvalue weighted by molar-refractivity contribution is -0.146. The molecule has 0 aromatic heterocycles. The highest BCUT2D eigenvalue weighted by atomic mass is 16.6. The molecule has 4 atom stereocenters. The van der Waals surface area contributed by atoms with Crippen LogP contribution in [0.2, 0.25) is 0 Å². The molecule has 0 spiro atoms. The number of esters is 2. The third-order valence-corrected chi connectivity index (χ3v) is 3.93. The van der Waals surface area contributed by atoms with Crippen LogP contribution in [0.1, 0.15) is 20.8 Å². The highest BCUT2D eigenvalue weighted by molar-refractivity contribution is 5.74. The van der Waals surface area contributed by atoms with Crippen LogP contribution >= 0.6 is 0 Å². The zero-order chi connectivity index (χ0) is 16.3. The molecule has 2 saturated heterocycles. The largest absolute Gasteiger partial charge is 0.465 e. The van der Waals surface area contributed by atoms with Gasteiger partial charge in [0.1, 0.15) is 24.4 Å². The third kappa shape index (κ3) is 3.38. The van der Waals surface area contributed by atoms with Crippen LogP contribution < -0.4 is 5.32 Å². The molecule has 2 fully saturated rings. The van der Waals surface area contributed by atoms with Crippen molar-refractivity contribution in [2.45, 2.75) is 38.5 Å². The zero-order valence-corrected chi connectivity index (χ0v) is 12.9. The predicted octanol–water partition coefficient (Wildman–Crippen LogP) is -0.599. The van der Waals surface area contributed by atoms with Crippen LogP contribution in [0.15, 0.2) is 0 Å². The fourth-order valence-electron chi connectivity index (χ4n) is 3.01. The van der Waals surface area contributed by atoms with Gasteiger partial charge in [-0.1, -0.05) is 0 Å². The Bertz CT molecular complexity index is 466. The molecule has 0 radical (unpaired) electrons. The minimum absolute atomic E-state index is 0.0572. The molecule has 1 amide bonds. The van der Waals surface area contributed by atoms with Gasteiger partial charge in [-0.15, -0.1) is 0 Å². The first kappa shape index (κ1) is 16.7. The second-order valence-corrected chi connectivity index (χ2v) is 5.63. The van der Waals surface area contributed by atoms with Crippen LogP contribution in [0.25, 0.3) is 0 Å². The maximum atomic E-state index is 11.6. The molecule has 0 saturated carbocycles. The minimum atomic E-state index is -0.772. The quantitative estimate of drug-likeness (QED) is 0.676. The lowest BCUT2D eigenvalue weighted by atomic mass is 9.82. The summed E-state index contributed by atoms with van der Waals surface area (Å²) in [6.07, 6.45) is -0.908. The molecule has 0 aliphatic carbocycles. The molecular weight excluding hydrogens is 294 g/mol. The number of rotatable bonds is 5. The summed E-state index contributed by atoms with van der Waals surface area (Å²) in [6.45, 7) is 4.79. The van der Waals surface area contributed by atoms with Crippen molar-refractivity contribution in [3.05, 3.63) is 0 Å². The van der Waals surface area contributed by atoms with Crippen molar-refractivity contribution >= 4 is 17.8 Å². The van der Waals surface area contributed by atoms with Gasteiger partial charge < -0.3 is 24.3 Å². The highest BCUT2D eigenvalue weighted by Crippen LogP contribution is 2.40. The molecule has 0 bridgehead atoms. The van der Waals surface area contributed by atoms with Gasteiger partial charge in [-0.05, 0) is 0 Å². The van der Waals surface area contributed by atoms with Crippen LogP contribution in [-0.2, 0) is 33.3 Å². The van der Waals surface area contributed by atoms with E-state index in [1.54, 1.807) is 0 Å². The van der Waals surface area contributed by atoms with E-state index in [1.165, 1.54) is 20.8 Å². The van der Waals surface area contributed by atoms with Gasteiger partial charge in [-0.25, -0.2) is 0 Å². The number of carbonyl (C=O) groups excluding carboxylic acids is 3. The second-order valence-electron chi connectivity index (χ2n) is 5.63. The second kappa shape index (κ2) is 6.62. The standard InChI is InChI=1S/C14H21NO7/c1-8(16)15-14-7-22-12(6-20-10(3)18)13(14)21-5-11(14)4-19-9(2)17/h11-13H,4-7H2,1-3H3,(H,15,16)/t11-,12-,13+,14-/m1/s1. The molecule has 22 heavy (non-hydrogen) atoms. The minimum Gasteiger partial charge on any atom is -0.465 e. The summed E-state index contributed by atoms with van der Waals surface area (Å²) >= 11 is 0. The molecule has 124 valence electrons. The maximum Gasteiger partial charge on any atom is 0.302 e. The van der Waals surface area contributed by atoms with Crippen LogP contribution in [0.5, 0.6) is 0 Å². The Balaban J connectivity index is 2.11. The first-order valence-corrected chi connectivity index (χ1v) is 7.14. The van der Waals surface area contributed by atoms with Gasteiger partial charge in [0.15, 0.2) is 0 Å². The molecule has 8 heteroatoms. The first-order chi connectivity index (χ1) is 10.3. The number of carbonyl (C=O) groups is 3. The average molecular weight is 315 g/mol. The molecule has 1 N–H and O–H groups in total. The van der Waals surface area contributed by atoms with Crippen molar-refractivity contribution < 1.29 is 33.3 Å². The van der Waals surface area contributed by atoms with E-state index in [4.69, 9.17) is 18.9 Å². The van der Waals surface area contributed by atoms with Gasteiger partial charge in [0.05, 0.1) is 19.8 Å². The fraction of sp³-hybridized carbons (Fsp3) is 0.786.